The van der Waals surface area contributed by atoms with E-state index in [1.807, 2.05) is 11.0 Å². The number of aryl methyl sites for hydroxylation is 2. The van der Waals surface area contributed by atoms with E-state index >= 15 is 0 Å². The van der Waals surface area contributed by atoms with Gasteiger partial charge in [0.2, 0.25) is 0 Å². The first-order chi connectivity index (χ1) is 12.8. The molecular weight excluding hydrogens is 360 g/mol. The Morgan fingerprint density at radius 2 is 1.81 bits per heavy atom. The Labute approximate surface area is 161 Å². The zero-order valence-electron chi connectivity index (χ0n) is 16.1. The molecule has 1 aliphatic heterocycles. The fourth-order valence-corrected chi connectivity index (χ4v) is 5.58. The average molecular weight is 387 g/mol. The lowest BCUT2D eigenvalue weighted by Gasteiger charge is -2.30. The van der Waals surface area contributed by atoms with Gasteiger partial charge >= 0.3 is 0 Å². The van der Waals surface area contributed by atoms with Crippen LogP contribution < -0.4 is 0 Å². The van der Waals surface area contributed by atoms with Crippen molar-refractivity contribution in [2.75, 3.05) is 13.1 Å². The van der Waals surface area contributed by atoms with Crippen molar-refractivity contribution in [2.24, 2.45) is 5.92 Å². The summed E-state index contributed by atoms with van der Waals surface area (Å²) in [5, 5.41) is 0. The molecule has 0 radical (unpaired) electrons. The third-order valence-electron chi connectivity index (χ3n) is 5.03. The van der Waals surface area contributed by atoms with Crippen LogP contribution in [0.3, 0.4) is 0 Å². The molecule has 0 aliphatic carbocycles. The molecule has 1 unspecified atom stereocenters. The van der Waals surface area contributed by atoms with Gasteiger partial charge in [0.15, 0.2) is 9.84 Å². The Balaban J connectivity index is 1.84. The molecule has 1 atom stereocenters. The maximum atomic E-state index is 12.9. The minimum Gasteiger partial charge on any atom is -0.337 e. The third-order valence-corrected chi connectivity index (χ3v) is 6.97. The number of amides is 1. The second kappa shape index (κ2) is 7.80. The standard InChI is InChI=1S/C21H26N2O3S/c1-15-7-6-12-23(13-15)21(24)19-11-5-10-18(22-19)14-27(25,26)20-16(2)8-4-9-17(20)3/h4-5,8-11,15H,6-7,12-14H2,1-3H3. The number of piperidine rings is 1. The lowest BCUT2D eigenvalue weighted by Crippen LogP contribution is -2.39. The number of aromatic nitrogens is 1. The highest BCUT2D eigenvalue weighted by molar-refractivity contribution is 7.90. The minimum absolute atomic E-state index is 0.118. The van der Waals surface area contributed by atoms with Gasteiger partial charge in [-0.1, -0.05) is 31.2 Å². The topological polar surface area (TPSA) is 67.3 Å². The van der Waals surface area contributed by atoms with Gasteiger partial charge in [0.05, 0.1) is 16.3 Å². The van der Waals surface area contributed by atoms with Crippen molar-refractivity contribution >= 4 is 15.7 Å². The number of sulfone groups is 1. The Morgan fingerprint density at radius 1 is 1.15 bits per heavy atom. The fourth-order valence-electron chi connectivity index (χ4n) is 3.77. The average Bonchev–Trinajstić information content (AvgIpc) is 2.60. The Hall–Kier alpha value is -2.21. The summed E-state index contributed by atoms with van der Waals surface area (Å²) < 4.78 is 25.9. The Kier molecular flexibility index (Phi) is 5.65. The molecular formula is C21H26N2O3S. The van der Waals surface area contributed by atoms with Gasteiger partial charge in [0, 0.05) is 13.1 Å². The van der Waals surface area contributed by atoms with Crippen molar-refractivity contribution in [3.8, 4) is 0 Å². The van der Waals surface area contributed by atoms with Gasteiger partial charge in [-0.25, -0.2) is 13.4 Å². The molecule has 144 valence electrons. The minimum atomic E-state index is -3.54. The van der Waals surface area contributed by atoms with Gasteiger partial charge in [-0.15, -0.1) is 0 Å². The van der Waals surface area contributed by atoms with Crippen molar-refractivity contribution in [2.45, 2.75) is 44.3 Å². The second-order valence-electron chi connectivity index (χ2n) is 7.49. The van der Waals surface area contributed by atoms with E-state index in [1.54, 1.807) is 44.2 Å². The summed E-state index contributed by atoms with van der Waals surface area (Å²) in [5.41, 5.74) is 2.17. The van der Waals surface area contributed by atoms with Crippen LogP contribution in [-0.4, -0.2) is 37.3 Å². The molecule has 27 heavy (non-hydrogen) atoms. The summed E-state index contributed by atoms with van der Waals surface area (Å²) in [4.78, 5) is 19.3. The molecule has 0 bridgehead atoms. The van der Waals surface area contributed by atoms with Crippen LogP contribution in [0.5, 0.6) is 0 Å². The highest BCUT2D eigenvalue weighted by Crippen LogP contribution is 2.24. The summed E-state index contributed by atoms with van der Waals surface area (Å²) in [6, 6.07) is 10.5. The van der Waals surface area contributed by atoms with Crippen molar-refractivity contribution in [3.63, 3.8) is 0 Å². The van der Waals surface area contributed by atoms with Gasteiger partial charge in [-0.05, 0) is 55.9 Å². The summed E-state index contributed by atoms with van der Waals surface area (Å²) in [6.45, 7) is 7.19. The molecule has 1 amide bonds. The Morgan fingerprint density at radius 3 is 2.48 bits per heavy atom. The molecule has 0 N–H and O–H groups in total. The first kappa shape index (κ1) is 19.5. The van der Waals surface area contributed by atoms with Crippen molar-refractivity contribution in [3.05, 3.63) is 58.9 Å². The van der Waals surface area contributed by atoms with Gasteiger partial charge in [-0.2, -0.15) is 0 Å². The zero-order valence-corrected chi connectivity index (χ0v) is 16.9. The number of likely N-dealkylation sites (tertiary alicyclic amines) is 1. The Bertz CT molecular complexity index is 933. The number of carbonyl (C=O) groups is 1. The number of pyridine rings is 1. The lowest BCUT2D eigenvalue weighted by atomic mass is 10.00. The van der Waals surface area contributed by atoms with E-state index in [1.165, 1.54) is 0 Å². The van der Waals surface area contributed by atoms with E-state index in [0.29, 0.717) is 22.2 Å². The maximum Gasteiger partial charge on any atom is 0.272 e. The SMILES string of the molecule is Cc1cccc(C)c1S(=O)(=O)Cc1cccc(C(=O)N2CCCC(C)C2)n1. The van der Waals surface area contributed by atoms with Gasteiger partial charge in [-0.3, -0.25) is 4.79 Å². The van der Waals surface area contributed by atoms with Crippen LogP contribution >= 0.6 is 0 Å². The molecule has 2 heterocycles. The van der Waals surface area contributed by atoms with Crippen molar-refractivity contribution in [1.82, 2.24) is 9.88 Å². The normalized spacial score (nSPS) is 17.7. The molecule has 3 rings (SSSR count). The summed E-state index contributed by atoms with van der Waals surface area (Å²) in [7, 11) is -3.54. The first-order valence-corrected chi connectivity index (χ1v) is 11.0. The van der Waals surface area contributed by atoms with Crippen LogP contribution in [0.15, 0.2) is 41.3 Å². The lowest BCUT2D eigenvalue weighted by molar-refractivity contribution is 0.0677. The molecule has 0 spiro atoms. The summed E-state index contributed by atoms with van der Waals surface area (Å²) in [6.07, 6.45) is 2.12. The van der Waals surface area contributed by atoms with Crippen LogP contribution in [0.1, 0.15) is 47.1 Å². The maximum absolute atomic E-state index is 12.9. The third kappa shape index (κ3) is 4.38. The first-order valence-electron chi connectivity index (χ1n) is 9.32. The predicted octanol–water partition coefficient (Wildman–Crippen LogP) is 3.54. The van der Waals surface area contributed by atoms with E-state index in [2.05, 4.69) is 11.9 Å². The van der Waals surface area contributed by atoms with Gasteiger partial charge < -0.3 is 4.90 Å². The summed E-state index contributed by atoms with van der Waals surface area (Å²) in [5.74, 6) is 0.152. The highest BCUT2D eigenvalue weighted by atomic mass is 32.2. The van der Waals surface area contributed by atoms with Crippen LogP contribution in [0.2, 0.25) is 0 Å². The number of carbonyl (C=O) groups excluding carboxylic acids is 1. The number of hydrogen-bond donors (Lipinski definition) is 0. The molecule has 5 nitrogen and oxygen atoms in total. The van der Waals surface area contributed by atoms with E-state index in [-0.39, 0.29) is 11.7 Å². The molecule has 1 fully saturated rings. The fraction of sp³-hybridized carbons (Fsp3) is 0.429. The molecule has 0 saturated carbocycles. The van der Waals surface area contributed by atoms with Crippen LogP contribution in [0.4, 0.5) is 0 Å². The van der Waals surface area contributed by atoms with Crippen LogP contribution in [0.25, 0.3) is 0 Å². The monoisotopic (exact) mass is 386 g/mol. The van der Waals surface area contributed by atoms with Gasteiger partial charge in [0.25, 0.3) is 5.91 Å². The van der Waals surface area contributed by atoms with Gasteiger partial charge in [0.1, 0.15) is 5.69 Å². The van der Waals surface area contributed by atoms with E-state index in [0.717, 1.165) is 37.1 Å². The second-order valence-corrected chi connectivity index (χ2v) is 9.42. The number of hydrogen-bond acceptors (Lipinski definition) is 4. The van der Waals surface area contributed by atoms with Crippen molar-refractivity contribution in [1.29, 1.82) is 0 Å². The quantitative estimate of drug-likeness (QED) is 0.806. The molecule has 1 aromatic carbocycles. The van der Waals surface area contributed by atoms with E-state index in [4.69, 9.17) is 0 Å². The van der Waals surface area contributed by atoms with Crippen LogP contribution in [-0.2, 0) is 15.6 Å². The summed E-state index contributed by atoms with van der Waals surface area (Å²) >= 11 is 0. The zero-order chi connectivity index (χ0) is 19.6. The highest BCUT2D eigenvalue weighted by Gasteiger charge is 2.24. The number of rotatable bonds is 4. The van der Waals surface area contributed by atoms with E-state index < -0.39 is 9.84 Å². The largest absolute Gasteiger partial charge is 0.337 e. The van der Waals surface area contributed by atoms with Crippen molar-refractivity contribution < 1.29 is 13.2 Å². The van der Waals surface area contributed by atoms with E-state index in [9.17, 15) is 13.2 Å². The smallest absolute Gasteiger partial charge is 0.272 e. The molecule has 1 aromatic heterocycles. The number of nitrogens with zero attached hydrogens (tertiary/aromatic N) is 2. The molecule has 2 aromatic rings. The number of benzene rings is 1. The molecule has 1 saturated heterocycles. The predicted molar refractivity (Wildman–Crippen MR) is 105 cm³/mol. The molecule has 1 aliphatic rings. The van der Waals surface area contributed by atoms with Crippen LogP contribution in [0, 0.1) is 19.8 Å². The molecule has 6 heteroatoms.